The molecule has 0 radical (unpaired) electrons. The molecule has 0 aromatic heterocycles. The molecule has 3 nitrogen and oxygen atoms in total. The van der Waals surface area contributed by atoms with Crippen molar-refractivity contribution in [3.63, 3.8) is 0 Å². The largest absolute Gasteiger partial charge is 0.396 e. The van der Waals surface area contributed by atoms with Crippen LogP contribution >= 0.6 is 11.8 Å². The third-order valence-corrected chi connectivity index (χ3v) is 5.02. The molecule has 1 aliphatic carbocycles. The van der Waals surface area contributed by atoms with Crippen LogP contribution in [0, 0.1) is 5.92 Å². The summed E-state index contributed by atoms with van der Waals surface area (Å²) in [6.07, 6.45) is 3.95. The first kappa shape index (κ1) is 16.4. The number of hydrogen-bond acceptors (Lipinski definition) is 3. The number of hydrogen-bond donors (Lipinski definition) is 2. The summed E-state index contributed by atoms with van der Waals surface area (Å²) in [4.78, 5) is 13.5. The van der Waals surface area contributed by atoms with Gasteiger partial charge in [0.2, 0.25) is 0 Å². The maximum absolute atomic E-state index is 12.5. The summed E-state index contributed by atoms with van der Waals surface area (Å²) in [7, 11) is 0. The lowest BCUT2D eigenvalue weighted by atomic mass is 9.86. The summed E-state index contributed by atoms with van der Waals surface area (Å²) < 4.78 is 0. The Bertz CT molecular complexity index is 468. The first-order chi connectivity index (χ1) is 10.1. The van der Waals surface area contributed by atoms with Crippen molar-refractivity contribution in [3.8, 4) is 0 Å². The Morgan fingerprint density at radius 3 is 2.57 bits per heavy atom. The number of rotatable bonds is 5. The van der Waals surface area contributed by atoms with E-state index in [1.165, 1.54) is 0 Å². The van der Waals surface area contributed by atoms with Crippen LogP contribution < -0.4 is 5.32 Å². The highest BCUT2D eigenvalue weighted by molar-refractivity contribution is 8.00. The van der Waals surface area contributed by atoms with Gasteiger partial charge >= 0.3 is 0 Å². The average Bonchev–Trinajstić information content (AvgIpc) is 2.48. The number of amides is 1. The molecular weight excluding hydrogens is 282 g/mol. The molecule has 1 fully saturated rings. The minimum atomic E-state index is 0.0335. The minimum Gasteiger partial charge on any atom is -0.396 e. The normalized spacial score (nSPS) is 22.3. The van der Waals surface area contributed by atoms with Crippen LogP contribution in [0.5, 0.6) is 0 Å². The lowest BCUT2D eigenvalue weighted by molar-refractivity contribution is 0.0911. The number of thioether (sulfide) groups is 1. The molecule has 1 aromatic carbocycles. The molecule has 0 unspecified atom stereocenters. The summed E-state index contributed by atoms with van der Waals surface area (Å²) in [6, 6.07) is 8.06. The van der Waals surface area contributed by atoms with Gasteiger partial charge < -0.3 is 10.4 Å². The van der Waals surface area contributed by atoms with E-state index in [4.69, 9.17) is 5.11 Å². The predicted octanol–water partition coefficient (Wildman–Crippen LogP) is 3.47. The second kappa shape index (κ2) is 7.85. The fourth-order valence-electron chi connectivity index (χ4n) is 2.76. The van der Waals surface area contributed by atoms with Crippen molar-refractivity contribution in [2.45, 2.75) is 55.7 Å². The van der Waals surface area contributed by atoms with Gasteiger partial charge in [0, 0.05) is 22.8 Å². The van der Waals surface area contributed by atoms with Crippen molar-refractivity contribution < 1.29 is 9.90 Å². The second-order valence-corrected chi connectivity index (χ2v) is 7.65. The van der Waals surface area contributed by atoms with Gasteiger partial charge in [-0.1, -0.05) is 26.0 Å². The highest BCUT2D eigenvalue weighted by atomic mass is 32.2. The van der Waals surface area contributed by atoms with Crippen LogP contribution in [0.1, 0.15) is 49.9 Å². The van der Waals surface area contributed by atoms with Crippen molar-refractivity contribution in [2.24, 2.45) is 5.92 Å². The Morgan fingerprint density at radius 1 is 1.29 bits per heavy atom. The molecule has 0 saturated heterocycles. The molecule has 1 aliphatic rings. The molecule has 1 saturated carbocycles. The highest BCUT2D eigenvalue weighted by Gasteiger charge is 2.23. The van der Waals surface area contributed by atoms with Crippen LogP contribution in [0.15, 0.2) is 29.2 Å². The monoisotopic (exact) mass is 307 g/mol. The van der Waals surface area contributed by atoms with E-state index in [0.29, 0.717) is 11.2 Å². The second-order valence-electron chi connectivity index (χ2n) is 6.04. The van der Waals surface area contributed by atoms with E-state index in [9.17, 15) is 4.79 Å². The molecule has 0 bridgehead atoms. The summed E-state index contributed by atoms with van der Waals surface area (Å²) in [5.41, 5.74) is 0.778. The number of aliphatic hydroxyl groups is 1. The third-order valence-electron chi connectivity index (χ3n) is 3.93. The Balaban J connectivity index is 1.97. The molecule has 1 amide bonds. The number of carbonyl (C=O) groups excluding carboxylic acids is 1. The summed E-state index contributed by atoms with van der Waals surface area (Å²) in [5, 5.41) is 12.8. The van der Waals surface area contributed by atoms with Crippen LogP contribution in [0.3, 0.4) is 0 Å². The molecule has 0 heterocycles. The van der Waals surface area contributed by atoms with Crippen molar-refractivity contribution >= 4 is 17.7 Å². The van der Waals surface area contributed by atoms with E-state index in [-0.39, 0.29) is 18.6 Å². The van der Waals surface area contributed by atoms with Crippen molar-refractivity contribution in [2.75, 3.05) is 6.61 Å². The van der Waals surface area contributed by atoms with Gasteiger partial charge in [0.1, 0.15) is 0 Å². The molecule has 21 heavy (non-hydrogen) atoms. The Morgan fingerprint density at radius 2 is 1.95 bits per heavy atom. The first-order valence-electron chi connectivity index (χ1n) is 7.77. The predicted molar refractivity (Wildman–Crippen MR) is 87.7 cm³/mol. The molecule has 0 spiro atoms. The molecule has 2 N–H and O–H groups in total. The average molecular weight is 307 g/mol. The lowest BCUT2D eigenvalue weighted by Crippen LogP contribution is -2.38. The maximum Gasteiger partial charge on any atom is 0.252 e. The van der Waals surface area contributed by atoms with Gasteiger partial charge in [-0.2, -0.15) is 0 Å². The number of nitrogens with one attached hydrogen (secondary N) is 1. The van der Waals surface area contributed by atoms with Crippen LogP contribution in [-0.4, -0.2) is 28.9 Å². The van der Waals surface area contributed by atoms with E-state index in [1.54, 1.807) is 11.8 Å². The fraction of sp³-hybridized carbons (Fsp3) is 0.588. The third kappa shape index (κ3) is 4.75. The van der Waals surface area contributed by atoms with Gasteiger partial charge in [-0.05, 0) is 43.7 Å². The summed E-state index contributed by atoms with van der Waals surface area (Å²) in [6.45, 7) is 4.54. The van der Waals surface area contributed by atoms with Gasteiger partial charge in [0.15, 0.2) is 0 Å². The van der Waals surface area contributed by atoms with Crippen LogP contribution in [-0.2, 0) is 0 Å². The summed E-state index contributed by atoms with van der Waals surface area (Å²) >= 11 is 1.73. The van der Waals surface area contributed by atoms with Gasteiger partial charge in [0.05, 0.1) is 5.56 Å². The molecule has 4 heteroatoms. The number of benzene rings is 1. The Kier molecular flexibility index (Phi) is 6.12. The van der Waals surface area contributed by atoms with Crippen LogP contribution in [0.25, 0.3) is 0 Å². The van der Waals surface area contributed by atoms with E-state index in [2.05, 4.69) is 19.2 Å². The first-order valence-corrected chi connectivity index (χ1v) is 8.65. The SMILES string of the molecule is CC(C)Sc1ccccc1C(=O)NC1CCC(CO)CC1. The van der Waals surface area contributed by atoms with Gasteiger partial charge in [0.25, 0.3) is 5.91 Å². The quantitative estimate of drug-likeness (QED) is 0.819. The lowest BCUT2D eigenvalue weighted by Gasteiger charge is -2.28. The topological polar surface area (TPSA) is 49.3 Å². The van der Waals surface area contributed by atoms with Gasteiger partial charge in [-0.25, -0.2) is 0 Å². The molecule has 0 aliphatic heterocycles. The van der Waals surface area contributed by atoms with Gasteiger partial charge in [-0.3, -0.25) is 4.79 Å². The standard InChI is InChI=1S/C17H25NO2S/c1-12(2)21-16-6-4-3-5-15(16)17(20)18-14-9-7-13(11-19)8-10-14/h3-6,12-14,19H,7-11H2,1-2H3,(H,18,20). The molecular formula is C17H25NO2S. The van der Waals surface area contributed by atoms with Gasteiger partial charge in [-0.15, -0.1) is 11.8 Å². The molecule has 0 atom stereocenters. The van der Waals surface area contributed by atoms with Crippen molar-refractivity contribution in [3.05, 3.63) is 29.8 Å². The smallest absolute Gasteiger partial charge is 0.252 e. The van der Waals surface area contributed by atoms with Crippen molar-refractivity contribution in [1.29, 1.82) is 0 Å². The van der Waals surface area contributed by atoms with E-state index < -0.39 is 0 Å². The Hall–Kier alpha value is -1.00. The van der Waals surface area contributed by atoms with Crippen LogP contribution in [0.4, 0.5) is 0 Å². The summed E-state index contributed by atoms with van der Waals surface area (Å²) in [5.74, 6) is 0.452. The maximum atomic E-state index is 12.5. The fourth-order valence-corrected chi connectivity index (χ4v) is 3.72. The Labute approximate surface area is 131 Å². The molecule has 1 aromatic rings. The van der Waals surface area contributed by atoms with E-state index in [0.717, 1.165) is 36.1 Å². The number of aliphatic hydroxyl groups excluding tert-OH is 1. The van der Waals surface area contributed by atoms with Crippen molar-refractivity contribution in [1.82, 2.24) is 5.32 Å². The zero-order chi connectivity index (χ0) is 15.2. The zero-order valence-electron chi connectivity index (χ0n) is 12.8. The minimum absolute atomic E-state index is 0.0335. The van der Waals surface area contributed by atoms with E-state index >= 15 is 0 Å². The highest BCUT2D eigenvalue weighted by Crippen LogP contribution is 2.28. The molecule has 2 rings (SSSR count). The number of carbonyl (C=O) groups is 1. The van der Waals surface area contributed by atoms with E-state index in [1.807, 2.05) is 24.3 Å². The van der Waals surface area contributed by atoms with Crippen LogP contribution in [0.2, 0.25) is 0 Å². The zero-order valence-corrected chi connectivity index (χ0v) is 13.7. The molecule has 116 valence electrons.